The van der Waals surface area contributed by atoms with Crippen LogP contribution in [0.4, 0.5) is 0 Å². The van der Waals surface area contributed by atoms with Gasteiger partial charge in [-0.15, -0.1) is 10.2 Å². The van der Waals surface area contributed by atoms with Gasteiger partial charge in [0.15, 0.2) is 8.68 Å². The molecule has 0 saturated heterocycles. The largest absolute Gasteiger partial charge is 0.496 e. The van der Waals surface area contributed by atoms with Crippen molar-refractivity contribution in [2.75, 3.05) is 12.9 Å². The van der Waals surface area contributed by atoms with E-state index in [0.717, 1.165) is 24.5 Å². The zero-order valence-electron chi connectivity index (χ0n) is 17.5. The fourth-order valence-corrected chi connectivity index (χ4v) is 6.21. The van der Waals surface area contributed by atoms with Gasteiger partial charge in [0, 0.05) is 15.8 Å². The lowest BCUT2D eigenvalue weighted by Crippen LogP contribution is -2.19. The number of carbonyl (C=O) groups excluding carboxylic acids is 1. The molecule has 1 amide bonds. The fourth-order valence-electron chi connectivity index (χ4n) is 3.01. The molecule has 0 atom stereocenters. The Morgan fingerprint density at radius 1 is 1.12 bits per heavy atom. The van der Waals surface area contributed by atoms with Gasteiger partial charge < -0.3 is 4.74 Å². The summed E-state index contributed by atoms with van der Waals surface area (Å²) >= 11 is 7.90. The van der Waals surface area contributed by atoms with Crippen LogP contribution >= 0.6 is 50.8 Å². The number of methoxy groups -OCH3 is 1. The Morgan fingerprint density at radius 3 is 2.76 bits per heavy atom. The number of nitrogens with zero attached hydrogens (tertiary/aromatic N) is 3. The number of thioether (sulfide) groups is 2. The third kappa shape index (κ3) is 6.57. The molecule has 3 aromatic carbocycles. The van der Waals surface area contributed by atoms with E-state index in [4.69, 9.17) is 4.74 Å². The topological polar surface area (TPSA) is 76.5 Å². The van der Waals surface area contributed by atoms with E-state index < -0.39 is 0 Å². The lowest BCUT2D eigenvalue weighted by Gasteiger charge is -2.04. The van der Waals surface area contributed by atoms with Crippen LogP contribution in [0.2, 0.25) is 0 Å². The van der Waals surface area contributed by atoms with Crippen LogP contribution in [-0.4, -0.2) is 35.2 Å². The van der Waals surface area contributed by atoms with Gasteiger partial charge in [-0.1, -0.05) is 93.3 Å². The molecule has 0 aliphatic carbocycles. The molecule has 1 N–H and O–H groups in total. The molecule has 4 rings (SSSR count). The Morgan fingerprint density at radius 2 is 1.91 bits per heavy atom. The molecule has 0 aliphatic heterocycles. The number of ether oxygens (including phenoxy) is 1. The number of nitrogens with one attached hydrogen (secondary N) is 1. The van der Waals surface area contributed by atoms with Crippen molar-refractivity contribution < 1.29 is 9.53 Å². The first-order valence-corrected chi connectivity index (χ1v) is 13.4. The molecule has 1 aromatic heterocycles. The molecule has 10 heteroatoms. The number of rotatable bonds is 9. The molecule has 0 unspecified atom stereocenters. The number of amides is 1. The van der Waals surface area contributed by atoms with E-state index in [-0.39, 0.29) is 11.7 Å². The quantitative estimate of drug-likeness (QED) is 0.154. The molecule has 0 radical (unpaired) electrons. The van der Waals surface area contributed by atoms with Crippen molar-refractivity contribution >= 4 is 73.7 Å². The number of hydrogen-bond donors (Lipinski definition) is 1. The van der Waals surface area contributed by atoms with Crippen molar-refractivity contribution in [1.82, 2.24) is 15.6 Å². The molecule has 0 aliphatic rings. The van der Waals surface area contributed by atoms with Crippen LogP contribution in [0.15, 0.2) is 78.9 Å². The van der Waals surface area contributed by atoms with Crippen LogP contribution in [0.3, 0.4) is 0 Å². The second kappa shape index (κ2) is 11.6. The fraction of sp³-hybridized carbons (Fsp3) is 0.130. The smallest absolute Gasteiger partial charge is 0.250 e. The molecule has 4 aromatic rings. The lowest BCUT2D eigenvalue weighted by molar-refractivity contribution is -0.118. The Hall–Kier alpha value is -2.40. The average molecular weight is 560 g/mol. The highest BCUT2D eigenvalue weighted by Gasteiger charge is 2.10. The zero-order chi connectivity index (χ0) is 23.0. The van der Waals surface area contributed by atoms with E-state index >= 15 is 0 Å². The predicted molar refractivity (Wildman–Crippen MR) is 141 cm³/mol. The van der Waals surface area contributed by atoms with E-state index in [1.165, 1.54) is 39.4 Å². The van der Waals surface area contributed by atoms with Crippen molar-refractivity contribution in [1.29, 1.82) is 0 Å². The molecular formula is C23H19BrN4O2S3. The number of hydrazone groups is 1. The predicted octanol–water partition coefficient (Wildman–Crippen LogP) is 6.00. The van der Waals surface area contributed by atoms with Gasteiger partial charge in [-0.05, 0) is 34.5 Å². The van der Waals surface area contributed by atoms with Gasteiger partial charge >= 0.3 is 0 Å². The second-order valence-electron chi connectivity index (χ2n) is 6.73. The van der Waals surface area contributed by atoms with Crippen LogP contribution in [0.5, 0.6) is 5.75 Å². The monoisotopic (exact) mass is 558 g/mol. The molecule has 1 heterocycles. The summed E-state index contributed by atoms with van der Waals surface area (Å²) < 4.78 is 7.82. The summed E-state index contributed by atoms with van der Waals surface area (Å²) in [6.45, 7) is 0. The van der Waals surface area contributed by atoms with E-state index in [0.29, 0.717) is 5.75 Å². The van der Waals surface area contributed by atoms with Gasteiger partial charge in [-0.3, -0.25) is 4.79 Å². The summed E-state index contributed by atoms with van der Waals surface area (Å²) in [7, 11) is 1.59. The summed E-state index contributed by atoms with van der Waals surface area (Å²) in [4.78, 5) is 12.1. The first-order chi connectivity index (χ1) is 16.1. The maximum absolute atomic E-state index is 12.1. The number of carbonyl (C=O) groups is 1. The number of benzene rings is 3. The highest BCUT2D eigenvalue weighted by molar-refractivity contribution is 9.10. The van der Waals surface area contributed by atoms with Crippen LogP contribution < -0.4 is 10.2 Å². The summed E-state index contributed by atoms with van der Waals surface area (Å²) in [6, 6.07) is 20.3. The number of halogens is 1. The standard InChI is InChI=1S/C23H19BrN4O2S3/c1-30-20-10-9-18(24)11-17(20)12-25-26-21(29)14-32-23-28-27-22(33-23)31-13-16-7-4-6-15-5-2-3-8-19(15)16/h2-12H,13-14H2,1H3,(H,26,29)/b25-12-. The maximum Gasteiger partial charge on any atom is 0.250 e. The van der Waals surface area contributed by atoms with Gasteiger partial charge in [-0.25, -0.2) is 5.43 Å². The van der Waals surface area contributed by atoms with Crippen molar-refractivity contribution in [3.63, 3.8) is 0 Å². The van der Waals surface area contributed by atoms with Gasteiger partial charge in [-0.2, -0.15) is 5.10 Å². The average Bonchev–Trinajstić information content (AvgIpc) is 3.29. The molecule has 0 spiro atoms. The summed E-state index contributed by atoms with van der Waals surface area (Å²) in [6.07, 6.45) is 1.55. The first kappa shape index (κ1) is 23.7. The highest BCUT2D eigenvalue weighted by atomic mass is 79.9. The van der Waals surface area contributed by atoms with Crippen molar-refractivity contribution in [3.8, 4) is 5.75 Å². The molecule has 0 fully saturated rings. The summed E-state index contributed by atoms with van der Waals surface area (Å²) in [5.74, 6) is 1.48. The minimum atomic E-state index is -0.217. The van der Waals surface area contributed by atoms with Crippen molar-refractivity contribution in [2.45, 2.75) is 14.4 Å². The minimum Gasteiger partial charge on any atom is -0.496 e. The van der Waals surface area contributed by atoms with E-state index in [1.54, 1.807) is 25.1 Å². The Kier molecular flexibility index (Phi) is 8.38. The molecule has 168 valence electrons. The van der Waals surface area contributed by atoms with Crippen molar-refractivity contribution in [3.05, 3.63) is 76.3 Å². The third-order valence-corrected chi connectivity index (χ3v) is 8.26. The van der Waals surface area contributed by atoms with E-state index in [1.807, 2.05) is 24.3 Å². The summed E-state index contributed by atoms with van der Waals surface area (Å²) in [5, 5.41) is 15.0. The van der Waals surface area contributed by atoms with E-state index in [2.05, 4.69) is 73.1 Å². The van der Waals surface area contributed by atoms with Gasteiger partial charge in [0.1, 0.15) is 5.75 Å². The first-order valence-electron chi connectivity index (χ1n) is 9.83. The Bertz CT molecular complexity index is 1290. The lowest BCUT2D eigenvalue weighted by atomic mass is 10.1. The van der Waals surface area contributed by atoms with Gasteiger partial charge in [0.2, 0.25) is 0 Å². The van der Waals surface area contributed by atoms with Gasteiger partial charge in [0.05, 0.1) is 19.1 Å². The molecule has 0 saturated carbocycles. The van der Waals surface area contributed by atoms with Crippen LogP contribution in [0.25, 0.3) is 10.8 Å². The number of aromatic nitrogens is 2. The number of hydrogen-bond acceptors (Lipinski definition) is 8. The molecular weight excluding hydrogens is 540 g/mol. The molecule has 33 heavy (non-hydrogen) atoms. The summed E-state index contributed by atoms with van der Waals surface area (Å²) in [5.41, 5.74) is 4.56. The zero-order valence-corrected chi connectivity index (χ0v) is 21.6. The van der Waals surface area contributed by atoms with Crippen LogP contribution in [0, 0.1) is 0 Å². The SMILES string of the molecule is COc1ccc(Br)cc1/C=N\NC(=O)CSc1nnc(SCc2cccc3ccccc23)s1. The molecule has 6 nitrogen and oxygen atoms in total. The number of fused-ring (bicyclic) bond motifs is 1. The minimum absolute atomic E-state index is 0.204. The normalized spacial score (nSPS) is 11.2. The maximum atomic E-state index is 12.1. The van der Waals surface area contributed by atoms with Crippen molar-refractivity contribution in [2.24, 2.45) is 5.10 Å². The third-order valence-electron chi connectivity index (χ3n) is 4.53. The molecule has 0 bridgehead atoms. The van der Waals surface area contributed by atoms with Gasteiger partial charge in [0.25, 0.3) is 5.91 Å². The van der Waals surface area contributed by atoms with Crippen LogP contribution in [0.1, 0.15) is 11.1 Å². The van der Waals surface area contributed by atoms with Crippen LogP contribution in [-0.2, 0) is 10.5 Å². The van der Waals surface area contributed by atoms with E-state index in [9.17, 15) is 4.79 Å². The Balaban J connectivity index is 1.27. The Labute approximate surface area is 212 Å². The highest BCUT2D eigenvalue weighted by Crippen LogP contribution is 2.32. The second-order valence-corrected chi connectivity index (χ2v) is 11.1.